The van der Waals surface area contributed by atoms with E-state index in [9.17, 15) is 4.79 Å². The van der Waals surface area contributed by atoms with Gasteiger partial charge in [-0.25, -0.2) is 9.78 Å². The molecule has 5 nitrogen and oxygen atoms in total. The highest BCUT2D eigenvalue weighted by Crippen LogP contribution is 2.33. The first-order chi connectivity index (χ1) is 10.1. The summed E-state index contributed by atoms with van der Waals surface area (Å²) in [6.07, 6.45) is 3.31. The minimum atomic E-state index is -0.328. The molecule has 1 aliphatic rings. The van der Waals surface area contributed by atoms with Crippen LogP contribution < -0.4 is 10.4 Å². The Balaban J connectivity index is 1.82. The zero-order valence-corrected chi connectivity index (χ0v) is 12.5. The lowest BCUT2D eigenvalue weighted by molar-refractivity contribution is 0.219. The number of H-pyrrole nitrogens is 1. The molecule has 3 rings (SSSR count). The van der Waals surface area contributed by atoms with Crippen molar-refractivity contribution in [2.75, 3.05) is 13.2 Å². The number of nitrogens with one attached hydrogen (secondary N) is 1. The van der Waals surface area contributed by atoms with Crippen molar-refractivity contribution in [3.8, 4) is 5.75 Å². The summed E-state index contributed by atoms with van der Waals surface area (Å²) in [5.41, 5.74) is 2.85. The fourth-order valence-electron chi connectivity index (χ4n) is 2.53. The summed E-state index contributed by atoms with van der Waals surface area (Å²) >= 11 is 6.25. The first kappa shape index (κ1) is 14.1. The van der Waals surface area contributed by atoms with Crippen LogP contribution in [-0.2, 0) is 13.1 Å². The average Bonchev–Trinajstić information content (AvgIpc) is 2.63. The number of aromatic amines is 1. The summed E-state index contributed by atoms with van der Waals surface area (Å²) < 4.78 is 5.77. The van der Waals surface area contributed by atoms with Gasteiger partial charge in [-0.3, -0.25) is 4.90 Å². The van der Waals surface area contributed by atoms with E-state index in [1.807, 2.05) is 13.0 Å². The maximum absolute atomic E-state index is 11.0. The van der Waals surface area contributed by atoms with Crippen molar-refractivity contribution < 1.29 is 4.74 Å². The van der Waals surface area contributed by atoms with E-state index >= 15 is 0 Å². The number of aryl methyl sites for hydroxylation is 1. The molecule has 0 fully saturated rings. The van der Waals surface area contributed by atoms with Crippen LogP contribution in [0.2, 0.25) is 5.02 Å². The van der Waals surface area contributed by atoms with E-state index < -0.39 is 0 Å². The monoisotopic (exact) mass is 305 g/mol. The number of halogens is 1. The third-order valence-corrected chi connectivity index (χ3v) is 3.73. The second-order valence-corrected chi connectivity index (χ2v) is 5.63. The molecular formula is C15H16ClN3O2. The number of hydrogen-bond acceptors (Lipinski definition) is 4. The zero-order valence-electron chi connectivity index (χ0n) is 11.7. The van der Waals surface area contributed by atoms with Crippen LogP contribution in [0.4, 0.5) is 0 Å². The Morgan fingerprint density at radius 3 is 3.10 bits per heavy atom. The van der Waals surface area contributed by atoms with Crippen molar-refractivity contribution in [3.05, 3.63) is 56.7 Å². The van der Waals surface area contributed by atoms with Gasteiger partial charge in [0, 0.05) is 43.2 Å². The molecule has 0 radical (unpaired) electrons. The molecule has 2 aromatic rings. The van der Waals surface area contributed by atoms with Crippen molar-refractivity contribution >= 4 is 11.6 Å². The number of hydrogen-bond donors (Lipinski definition) is 1. The smallest absolute Gasteiger partial charge is 0.344 e. The van der Waals surface area contributed by atoms with Crippen molar-refractivity contribution in [1.29, 1.82) is 0 Å². The first-order valence-electron chi connectivity index (χ1n) is 6.79. The summed E-state index contributed by atoms with van der Waals surface area (Å²) in [6.45, 7) is 4.87. The highest BCUT2D eigenvalue weighted by Gasteiger charge is 2.18. The Labute approximate surface area is 127 Å². The molecule has 0 amide bonds. The molecule has 0 aliphatic carbocycles. The second-order valence-electron chi connectivity index (χ2n) is 5.22. The number of fused-ring (bicyclic) bond motifs is 1. The lowest BCUT2D eigenvalue weighted by atomic mass is 10.1. The van der Waals surface area contributed by atoms with E-state index in [1.165, 1.54) is 0 Å². The Bertz CT molecular complexity index is 694. The number of benzene rings is 1. The highest BCUT2D eigenvalue weighted by atomic mass is 35.5. The fourth-order valence-corrected chi connectivity index (χ4v) is 2.87. The molecule has 2 heterocycles. The molecule has 0 saturated carbocycles. The standard InChI is InChI=1S/C15H16ClN3O2/c1-10-4-12-9-19(2-3-21-14(12)13(16)5-10)8-11-6-17-15(20)18-7-11/h4-7H,2-3,8-9H2,1H3,(H,17,18,20). The van der Waals surface area contributed by atoms with Gasteiger partial charge in [0.1, 0.15) is 12.4 Å². The lowest BCUT2D eigenvalue weighted by Gasteiger charge is -2.19. The number of ether oxygens (including phenoxy) is 1. The van der Waals surface area contributed by atoms with Crippen LogP contribution in [0.3, 0.4) is 0 Å². The van der Waals surface area contributed by atoms with Crippen LogP contribution in [0.5, 0.6) is 5.75 Å². The molecule has 1 aromatic heterocycles. The van der Waals surface area contributed by atoms with E-state index in [4.69, 9.17) is 16.3 Å². The van der Waals surface area contributed by atoms with Crippen LogP contribution >= 0.6 is 11.6 Å². The van der Waals surface area contributed by atoms with Crippen LogP contribution in [0, 0.1) is 6.92 Å². The number of rotatable bonds is 2. The average molecular weight is 306 g/mol. The molecule has 110 valence electrons. The summed E-state index contributed by atoms with van der Waals surface area (Å²) in [6, 6.07) is 4.02. The number of nitrogens with zero attached hydrogens (tertiary/aromatic N) is 2. The van der Waals surface area contributed by atoms with Crippen molar-refractivity contribution in [1.82, 2.24) is 14.9 Å². The second kappa shape index (κ2) is 5.87. The lowest BCUT2D eigenvalue weighted by Crippen LogP contribution is -2.26. The van der Waals surface area contributed by atoms with E-state index in [1.54, 1.807) is 12.4 Å². The van der Waals surface area contributed by atoms with Crippen molar-refractivity contribution in [3.63, 3.8) is 0 Å². The van der Waals surface area contributed by atoms with Gasteiger partial charge in [-0.15, -0.1) is 0 Å². The maximum atomic E-state index is 11.0. The van der Waals surface area contributed by atoms with E-state index in [0.29, 0.717) is 18.2 Å². The van der Waals surface area contributed by atoms with Gasteiger partial charge in [0.05, 0.1) is 5.02 Å². The number of aromatic nitrogens is 2. The summed E-state index contributed by atoms with van der Waals surface area (Å²) in [7, 11) is 0. The Morgan fingerprint density at radius 1 is 1.48 bits per heavy atom. The molecule has 0 bridgehead atoms. The Kier molecular flexibility index (Phi) is 3.94. The molecule has 1 N–H and O–H groups in total. The zero-order chi connectivity index (χ0) is 14.8. The summed E-state index contributed by atoms with van der Waals surface area (Å²) in [5.74, 6) is 0.782. The SMILES string of the molecule is Cc1cc(Cl)c2c(c1)CN(Cc1cnc(=O)[nH]c1)CCO2. The van der Waals surface area contributed by atoms with Gasteiger partial charge in [-0.2, -0.15) is 0 Å². The highest BCUT2D eigenvalue weighted by molar-refractivity contribution is 6.32. The Morgan fingerprint density at radius 2 is 2.33 bits per heavy atom. The van der Waals surface area contributed by atoms with Crippen LogP contribution in [0.25, 0.3) is 0 Å². The van der Waals surface area contributed by atoms with Gasteiger partial charge in [0.15, 0.2) is 0 Å². The third kappa shape index (κ3) is 3.25. The molecule has 6 heteroatoms. The van der Waals surface area contributed by atoms with E-state index in [0.717, 1.165) is 35.5 Å². The van der Waals surface area contributed by atoms with Crippen molar-refractivity contribution in [2.24, 2.45) is 0 Å². The largest absolute Gasteiger partial charge is 0.490 e. The van der Waals surface area contributed by atoms with Crippen LogP contribution in [-0.4, -0.2) is 28.0 Å². The molecule has 0 saturated heterocycles. The molecule has 21 heavy (non-hydrogen) atoms. The van der Waals surface area contributed by atoms with Gasteiger partial charge in [0.25, 0.3) is 0 Å². The summed E-state index contributed by atoms with van der Waals surface area (Å²) in [4.78, 5) is 19.6. The normalized spacial score (nSPS) is 15.1. The topological polar surface area (TPSA) is 58.2 Å². The van der Waals surface area contributed by atoms with Gasteiger partial charge in [0.2, 0.25) is 0 Å². The third-order valence-electron chi connectivity index (χ3n) is 3.45. The van der Waals surface area contributed by atoms with E-state index in [2.05, 4.69) is 20.9 Å². The fraction of sp³-hybridized carbons (Fsp3) is 0.333. The summed E-state index contributed by atoms with van der Waals surface area (Å²) in [5, 5.41) is 0.664. The molecule has 1 aromatic carbocycles. The van der Waals surface area contributed by atoms with Gasteiger partial charge in [-0.05, 0) is 18.6 Å². The van der Waals surface area contributed by atoms with E-state index in [-0.39, 0.29) is 5.69 Å². The maximum Gasteiger partial charge on any atom is 0.344 e. The Hall–Kier alpha value is -1.85. The van der Waals surface area contributed by atoms with Crippen LogP contribution in [0.15, 0.2) is 29.3 Å². The van der Waals surface area contributed by atoms with Gasteiger partial charge >= 0.3 is 5.69 Å². The molecule has 0 atom stereocenters. The van der Waals surface area contributed by atoms with Gasteiger partial charge in [-0.1, -0.05) is 17.7 Å². The minimum Gasteiger partial charge on any atom is -0.490 e. The minimum absolute atomic E-state index is 0.328. The molecule has 0 spiro atoms. The first-order valence-corrected chi connectivity index (χ1v) is 7.17. The van der Waals surface area contributed by atoms with Crippen LogP contribution in [0.1, 0.15) is 16.7 Å². The molecule has 1 aliphatic heterocycles. The molecule has 0 unspecified atom stereocenters. The van der Waals surface area contributed by atoms with Gasteiger partial charge < -0.3 is 9.72 Å². The van der Waals surface area contributed by atoms with Crippen molar-refractivity contribution in [2.45, 2.75) is 20.0 Å². The quantitative estimate of drug-likeness (QED) is 0.923. The molecular weight excluding hydrogens is 290 g/mol. The predicted molar refractivity (Wildman–Crippen MR) is 80.7 cm³/mol. The predicted octanol–water partition coefficient (Wildman–Crippen LogP) is 2.13.